The van der Waals surface area contributed by atoms with Gasteiger partial charge in [-0.25, -0.2) is 5.43 Å². The van der Waals surface area contributed by atoms with E-state index >= 15 is 0 Å². The molecule has 0 bridgehead atoms. The first kappa shape index (κ1) is 24.1. The van der Waals surface area contributed by atoms with Crippen LogP contribution in [0.1, 0.15) is 21.5 Å². The van der Waals surface area contributed by atoms with Crippen molar-refractivity contribution < 1.29 is 19.3 Å². The van der Waals surface area contributed by atoms with Crippen molar-refractivity contribution in [3.05, 3.63) is 98.6 Å². The van der Waals surface area contributed by atoms with E-state index in [0.29, 0.717) is 5.69 Å². The van der Waals surface area contributed by atoms with E-state index in [-0.39, 0.29) is 27.5 Å². The number of benzene rings is 3. The van der Waals surface area contributed by atoms with E-state index in [9.17, 15) is 24.5 Å². The molecule has 3 aromatic carbocycles. The van der Waals surface area contributed by atoms with Crippen LogP contribution in [0.5, 0.6) is 0 Å². The first-order chi connectivity index (χ1) is 16.2. The van der Waals surface area contributed by atoms with Crippen LogP contribution in [-0.4, -0.2) is 28.9 Å². The molecule has 0 saturated carbocycles. The average Bonchev–Trinajstić information content (AvgIpc) is 2.81. The van der Waals surface area contributed by atoms with E-state index in [2.05, 4.69) is 15.7 Å². The molecule has 0 heterocycles. The number of nitrogens with one attached hydrogen (secondary N) is 3. The van der Waals surface area contributed by atoms with Crippen LogP contribution in [0, 0.1) is 17.0 Å². The molecule has 0 aliphatic rings. The summed E-state index contributed by atoms with van der Waals surface area (Å²) in [6.07, 6.45) is 1.12. The Hall–Kier alpha value is -4.57. The van der Waals surface area contributed by atoms with Gasteiger partial charge in [-0.2, -0.15) is 5.10 Å². The number of halogens is 1. The van der Waals surface area contributed by atoms with Crippen LogP contribution >= 0.6 is 11.6 Å². The Balaban J connectivity index is 1.64. The number of nitrogens with zero attached hydrogens (tertiary/aromatic N) is 2. The van der Waals surface area contributed by atoms with E-state index in [4.69, 9.17) is 11.6 Å². The second-order valence-electron chi connectivity index (χ2n) is 6.99. The molecular formula is C23H18ClN5O5. The highest BCUT2D eigenvalue weighted by molar-refractivity contribution is 6.40. The lowest BCUT2D eigenvalue weighted by atomic mass is 10.1. The molecule has 3 aromatic rings. The fourth-order valence-electron chi connectivity index (χ4n) is 2.77. The number of amides is 3. The van der Waals surface area contributed by atoms with E-state index < -0.39 is 22.6 Å². The van der Waals surface area contributed by atoms with Gasteiger partial charge in [0.1, 0.15) is 5.02 Å². The van der Waals surface area contributed by atoms with Crippen molar-refractivity contribution in [2.24, 2.45) is 5.10 Å². The fraction of sp³-hybridized carbons (Fsp3) is 0.0435. The minimum atomic E-state index is -1.10. The number of nitro groups is 1. The molecule has 3 N–H and O–H groups in total. The van der Waals surface area contributed by atoms with Gasteiger partial charge in [0, 0.05) is 17.3 Å². The van der Waals surface area contributed by atoms with Crippen molar-refractivity contribution in [1.29, 1.82) is 0 Å². The maximum Gasteiger partial charge on any atom is 0.329 e. The molecule has 0 atom stereocenters. The summed E-state index contributed by atoms with van der Waals surface area (Å²) in [7, 11) is 0. The highest BCUT2D eigenvalue weighted by Crippen LogP contribution is 2.24. The zero-order valence-corrected chi connectivity index (χ0v) is 18.5. The van der Waals surface area contributed by atoms with E-state index in [1.54, 1.807) is 24.3 Å². The first-order valence-corrected chi connectivity index (χ1v) is 10.2. The molecule has 172 valence electrons. The second-order valence-corrected chi connectivity index (χ2v) is 7.39. The molecule has 0 spiro atoms. The topological polar surface area (TPSA) is 143 Å². The number of hydrogen-bond acceptors (Lipinski definition) is 6. The third kappa shape index (κ3) is 6.24. The Morgan fingerprint density at radius 3 is 2.38 bits per heavy atom. The molecule has 10 nitrogen and oxygen atoms in total. The number of aryl methyl sites for hydroxylation is 1. The van der Waals surface area contributed by atoms with Gasteiger partial charge in [0.15, 0.2) is 0 Å². The molecule has 0 radical (unpaired) electrons. The van der Waals surface area contributed by atoms with Gasteiger partial charge in [0.05, 0.1) is 22.4 Å². The summed E-state index contributed by atoms with van der Waals surface area (Å²) in [5.74, 6) is -2.63. The van der Waals surface area contributed by atoms with Crippen LogP contribution in [-0.2, 0) is 9.59 Å². The quantitative estimate of drug-likeness (QED) is 0.212. The minimum Gasteiger partial charge on any atom is -0.322 e. The summed E-state index contributed by atoms with van der Waals surface area (Å²) in [5.41, 5.74) is 3.88. The third-order valence-corrected chi connectivity index (χ3v) is 4.80. The minimum absolute atomic E-state index is 0.0457. The normalized spacial score (nSPS) is 10.5. The smallest absolute Gasteiger partial charge is 0.322 e. The summed E-state index contributed by atoms with van der Waals surface area (Å²) in [6.45, 7) is 1.92. The lowest BCUT2D eigenvalue weighted by molar-refractivity contribution is -0.384. The Kier molecular flexibility index (Phi) is 7.67. The SMILES string of the molecule is Cc1ccc(NC(=O)c2ccccc2NC(=O)C(=O)N/N=C/c2ccc(Cl)c([N+](=O)[O-])c2)cc1. The number of carbonyl (C=O) groups excluding carboxylic acids is 3. The Morgan fingerprint density at radius 2 is 1.68 bits per heavy atom. The van der Waals surface area contributed by atoms with Crippen LogP contribution in [0.15, 0.2) is 71.8 Å². The fourth-order valence-corrected chi connectivity index (χ4v) is 2.96. The van der Waals surface area contributed by atoms with E-state index in [0.717, 1.165) is 11.8 Å². The lowest BCUT2D eigenvalue weighted by Gasteiger charge is -2.11. The largest absolute Gasteiger partial charge is 0.329 e. The van der Waals surface area contributed by atoms with Gasteiger partial charge in [0.25, 0.3) is 11.6 Å². The van der Waals surface area contributed by atoms with Crippen molar-refractivity contribution in [3.63, 3.8) is 0 Å². The van der Waals surface area contributed by atoms with Crippen LogP contribution < -0.4 is 16.1 Å². The molecule has 34 heavy (non-hydrogen) atoms. The number of nitro benzene ring substituents is 1. The van der Waals surface area contributed by atoms with Crippen molar-refractivity contribution in [3.8, 4) is 0 Å². The van der Waals surface area contributed by atoms with E-state index in [1.807, 2.05) is 24.5 Å². The lowest BCUT2D eigenvalue weighted by Crippen LogP contribution is -2.33. The van der Waals surface area contributed by atoms with Gasteiger partial charge in [-0.05, 0) is 37.3 Å². The number of carbonyl (C=O) groups is 3. The van der Waals surface area contributed by atoms with E-state index in [1.165, 1.54) is 30.3 Å². The summed E-state index contributed by atoms with van der Waals surface area (Å²) < 4.78 is 0. The Bertz CT molecular complexity index is 1290. The predicted molar refractivity (Wildman–Crippen MR) is 128 cm³/mol. The molecule has 3 amide bonds. The molecule has 0 aromatic heterocycles. The van der Waals surface area contributed by atoms with Crippen LogP contribution in [0.4, 0.5) is 17.1 Å². The maximum atomic E-state index is 12.7. The van der Waals surface area contributed by atoms with Crippen LogP contribution in [0.2, 0.25) is 5.02 Å². The maximum absolute atomic E-state index is 12.7. The summed E-state index contributed by atoms with van der Waals surface area (Å²) in [6, 6.07) is 17.3. The van der Waals surface area contributed by atoms with Crippen molar-refractivity contribution in [2.45, 2.75) is 6.92 Å². The van der Waals surface area contributed by atoms with Crippen molar-refractivity contribution in [1.82, 2.24) is 5.43 Å². The standard InChI is InChI=1S/C23H18ClN5O5/c1-14-6-9-16(10-7-14)26-21(30)17-4-2-3-5-19(17)27-22(31)23(32)28-25-13-15-8-11-18(24)20(12-15)29(33)34/h2-13H,1H3,(H,26,30)(H,27,31)(H,28,32)/b25-13+. The zero-order chi connectivity index (χ0) is 24.7. The van der Waals surface area contributed by atoms with Gasteiger partial charge in [-0.15, -0.1) is 0 Å². The van der Waals surface area contributed by atoms with Gasteiger partial charge in [0.2, 0.25) is 0 Å². The second kappa shape index (κ2) is 10.8. The molecule has 3 rings (SSSR count). The van der Waals surface area contributed by atoms with Gasteiger partial charge in [-0.1, -0.05) is 47.5 Å². The summed E-state index contributed by atoms with van der Waals surface area (Å²) in [4.78, 5) is 47.3. The summed E-state index contributed by atoms with van der Waals surface area (Å²) in [5, 5.41) is 19.6. The predicted octanol–water partition coefficient (Wildman–Crippen LogP) is 3.90. The Morgan fingerprint density at radius 1 is 0.971 bits per heavy atom. The highest BCUT2D eigenvalue weighted by Gasteiger charge is 2.18. The van der Waals surface area contributed by atoms with Crippen molar-refractivity contribution >= 4 is 52.6 Å². The third-order valence-electron chi connectivity index (χ3n) is 4.48. The molecule has 11 heteroatoms. The monoisotopic (exact) mass is 479 g/mol. The van der Waals surface area contributed by atoms with Crippen LogP contribution in [0.25, 0.3) is 0 Å². The number of anilines is 2. The van der Waals surface area contributed by atoms with Gasteiger partial charge in [-0.3, -0.25) is 24.5 Å². The molecule has 0 unspecified atom stereocenters. The van der Waals surface area contributed by atoms with Crippen molar-refractivity contribution in [2.75, 3.05) is 10.6 Å². The number of para-hydroxylation sites is 1. The van der Waals surface area contributed by atoms with Gasteiger partial charge < -0.3 is 10.6 Å². The molecular weight excluding hydrogens is 462 g/mol. The zero-order valence-electron chi connectivity index (χ0n) is 17.7. The average molecular weight is 480 g/mol. The van der Waals surface area contributed by atoms with Crippen LogP contribution in [0.3, 0.4) is 0 Å². The van der Waals surface area contributed by atoms with Gasteiger partial charge >= 0.3 is 11.8 Å². The molecule has 0 aliphatic heterocycles. The first-order valence-electron chi connectivity index (χ1n) is 9.80. The number of hydrazone groups is 1. The number of hydrogen-bond donors (Lipinski definition) is 3. The molecule has 0 fully saturated rings. The Labute approximate surface area is 198 Å². The molecule has 0 aliphatic carbocycles. The molecule has 0 saturated heterocycles. The summed E-state index contributed by atoms with van der Waals surface area (Å²) >= 11 is 5.74. The highest BCUT2D eigenvalue weighted by atomic mass is 35.5. The number of rotatable bonds is 6.